The van der Waals surface area contributed by atoms with E-state index >= 15 is 0 Å². The van der Waals surface area contributed by atoms with Gasteiger partial charge in [0.15, 0.2) is 0 Å². The maximum atomic E-state index is 5.66. The van der Waals surface area contributed by atoms with E-state index in [-0.39, 0.29) is 0 Å². The fourth-order valence-corrected chi connectivity index (χ4v) is 2.04. The van der Waals surface area contributed by atoms with Crippen molar-refractivity contribution < 1.29 is 0 Å². The van der Waals surface area contributed by atoms with Gasteiger partial charge >= 0.3 is 0 Å². The molecule has 0 radical (unpaired) electrons. The van der Waals surface area contributed by atoms with Gasteiger partial charge in [0.05, 0.1) is 0 Å². The average Bonchev–Trinajstić information content (AvgIpc) is 2.14. The Kier molecular flexibility index (Phi) is 5.60. The molecule has 0 bridgehead atoms. The lowest BCUT2D eigenvalue weighted by atomic mass is 9.71. The summed E-state index contributed by atoms with van der Waals surface area (Å²) in [6, 6.07) is 0. The lowest BCUT2D eigenvalue weighted by Gasteiger charge is -2.33. The van der Waals surface area contributed by atoms with Gasteiger partial charge in [-0.2, -0.15) is 0 Å². The van der Waals surface area contributed by atoms with Crippen LogP contribution < -0.4 is 0 Å². The standard InChI is InChI=1S/C16H30/c1-9-14(12-15(4,5)6)11-13(3)16(7,8)10-2/h1,13-14H,10-12H2,2-8H3. The van der Waals surface area contributed by atoms with Crippen molar-refractivity contribution in [3.8, 4) is 12.3 Å². The monoisotopic (exact) mass is 222 g/mol. The normalized spacial score (nSPS) is 16.6. The van der Waals surface area contributed by atoms with Crippen molar-refractivity contribution in [2.45, 2.75) is 67.7 Å². The highest BCUT2D eigenvalue weighted by molar-refractivity contribution is 4.96. The number of terminal acetylenes is 1. The molecule has 0 rings (SSSR count). The van der Waals surface area contributed by atoms with E-state index in [1.165, 1.54) is 6.42 Å². The largest absolute Gasteiger partial charge is 0.120 e. The maximum absolute atomic E-state index is 5.66. The van der Waals surface area contributed by atoms with Gasteiger partial charge in [-0.25, -0.2) is 0 Å². The Morgan fingerprint density at radius 3 is 1.94 bits per heavy atom. The maximum Gasteiger partial charge on any atom is 0.0207 e. The van der Waals surface area contributed by atoms with Crippen LogP contribution in [0.1, 0.15) is 67.7 Å². The molecule has 0 aliphatic rings. The Morgan fingerprint density at radius 2 is 1.62 bits per heavy atom. The molecule has 0 aromatic carbocycles. The summed E-state index contributed by atoms with van der Waals surface area (Å²) in [5.74, 6) is 4.11. The number of rotatable bonds is 5. The minimum atomic E-state index is 0.340. The molecular weight excluding hydrogens is 192 g/mol. The minimum absolute atomic E-state index is 0.340. The summed E-state index contributed by atoms with van der Waals surface area (Å²) in [6.07, 6.45) is 9.18. The molecule has 0 spiro atoms. The van der Waals surface area contributed by atoms with Crippen LogP contribution in [0.5, 0.6) is 0 Å². The summed E-state index contributed by atoms with van der Waals surface area (Å²) in [4.78, 5) is 0. The van der Waals surface area contributed by atoms with Crippen LogP contribution in [0.4, 0.5) is 0 Å². The van der Waals surface area contributed by atoms with Crippen LogP contribution >= 0.6 is 0 Å². The first kappa shape index (κ1) is 15.6. The van der Waals surface area contributed by atoms with Gasteiger partial charge in [0.1, 0.15) is 0 Å². The molecule has 0 N–H and O–H groups in total. The van der Waals surface area contributed by atoms with Crippen LogP contribution in [0, 0.1) is 35.0 Å². The van der Waals surface area contributed by atoms with Crippen molar-refractivity contribution in [1.29, 1.82) is 0 Å². The molecular formula is C16H30. The predicted octanol–water partition coefficient (Wildman–Crippen LogP) is 5.13. The molecule has 0 heterocycles. The predicted molar refractivity (Wildman–Crippen MR) is 74.2 cm³/mol. The second-order valence-corrected chi connectivity index (χ2v) is 7.11. The molecule has 0 saturated heterocycles. The van der Waals surface area contributed by atoms with Crippen LogP contribution in [0.3, 0.4) is 0 Å². The van der Waals surface area contributed by atoms with Gasteiger partial charge in [0.25, 0.3) is 0 Å². The van der Waals surface area contributed by atoms with Crippen molar-refractivity contribution in [2.75, 3.05) is 0 Å². The second-order valence-electron chi connectivity index (χ2n) is 7.11. The fourth-order valence-electron chi connectivity index (χ4n) is 2.04. The topological polar surface area (TPSA) is 0 Å². The molecule has 94 valence electrons. The molecule has 2 atom stereocenters. The van der Waals surface area contributed by atoms with Crippen molar-refractivity contribution >= 4 is 0 Å². The van der Waals surface area contributed by atoms with Gasteiger partial charge in [0.2, 0.25) is 0 Å². The zero-order chi connectivity index (χ0) is 13.0. The van der Waals surface area contributed by atoms with E-state index in [0.717, 1.165) is 12.8 Å². The molecule has 16 heavy (non-hydrogen) atoms. The summed E-state index contributed by atoms with van der Waals surface area (Å²) in [5.41, 5.74) is 0.750. The van der Waals surface area contributed by atoms with Crippen LogP contribution in [0.15, 0.2) is 0 Å². The smallest absolute Gasteiger partial charge is 0.0207 e. The van der Waals surface area contributed by atoms with Crippen LogP contribution in [0.2, 0.25) is 0 Å². The second kappa shape index (κ2) is 5.76. The van der Waals surface area contributed by atoms with Crippen molar-refractivity contribution in [1.82, 2.24) is 0 Å². The first-order valence-corrected chi connectivity index (χ1v) is 6.58. The molecule has 0 heteroatoms. The van der Waals surface area contributed by atoms with Crippen molar-refractivity contribution in [2.24, 2.45) is 22.7 Å². The lowest BCUT2D eigenvalue weighted by molar-refractivity contribution is 0.180. The minimum Gasteiger partial charge on any atom is -0.120 e. The Morgan fingerprint density at radius 1 is 1.12 bits per heavy atom. The lowest BCUT2D eigenvalue weighted by Crippen LogP contribution is -2.24. The van der Waals surface area contributed by atoms with E-state index in [4.69, 9.17) is 6.42 Å². The molecule has 0 aromatic rings. The van der Waals surface area contributed by atoms with Crippen molar-refractivity contribution in [3.63, 3.8) is 0 Å². The molecule has 0 aromatic heterocycles. The van der Waals surface area contributed by atoms with E-state index in [1.807, 2.05) is 0 Å². The third-order valence-electron chi connectivity index (χ3n) is 3.98. The van der Waals surface area contributed by atoms with Gasteiger partial charge in [-0.05, 0) is 29.6 Å². The van der Waals surface area contributed by atoms with E-state index < -0.39 is 0 Å². The summed E-state index contributed by atoms with van der Waals surface area (Å²) < 4.78 is 0. The first-order chi connectivity index (χ1) is 7.12. The molecule has 0 amide bonds. The Bertz CT molecular complexity index is 234. The third kappa shape index (κ3) is 5.59. The van der Waals surface area contributed by atoms with E-state index in [1.54, 1.807) is 0 Å². The average molecular weight is 222 g/mol. The summed E-state index contributed by atoms with van der Waals surface area (Å²) in [6.45, 7) is 16.1. The van der Waals surface area contributed by atoms with Crippen LogP contribution in [-0.2, 0) is 0 Å². The molecule has 0 aliphatic carbocycles. The van der Waals surface area contributed by atoms with Gasteiger partial charge < -0.3 is 0 Å². The highest BCUT2D eigenvalue weighted by atomic mass is 14.3. The molecule has 0 saturated carbocycles. The third-order valence-corrected chi connectivity index (χ3v) is 3.98. The van der Waals surface area contributed by atoms with Crippen LogP contribution in [0.25, 0.3) is 0 Å². The van der Waals surface area contributed by atoms with Crippen LogP contribution in [-0.4, -0.2) is 0 Å². The van der Waals surface area contributed by atoms with Crippen molar-refractivity contribution in [3.05, 3.63) is 0 Å². The van der Waals surface area contributed by atoms with E-state index in [9.17, 15) is 0 Å². The van der Waals surface area contributed by atoms with Gasteiger partial charge in [-0.15, -0.1) is 12.3 Å². The Balaban J connectivity index is 4.41. The molecule has 0 aliphatic heterocycles. The zero-order valence-electron chi connectivity index (χ0n) is 12.4. The summed E-state index contributed by atoms with van der Waals surface area (Å²) in [5, 5.41) is 0. The Hall–Kier alpha value is -0.440. The van der Waals surface area contributed by atoms with Gasteiger partial charge in [0, 0.05) is 5.92 Å². The van der Waals surface area contributed by atoms with E-state index in [0.29, 0.717) is 22.7 Å². The summed E-state index contributed by atoms with van der Waals surface area (Å²) in [7, 11) is 0. The van der Waals surface area contributed by atoms with Gasteiger partial charge in [-0.3, -0.25) is 0 Å². The molecule has 0 fully saturated rings. The number of hydrogen-bond donors (Lipinski definition) is 0. The summed E-state index contributed by atoms with van der Waals surface area (Å²) >= 11 is 0. The highest BCUT2D eigenvalue weighted by Crippen LogP contribution is 2.37. The quantitative estimate of drug-likeness (QED) is 0.565. The van der Waals surface area contributed by atoms with Gasteiger partial charge in [-0.1, -0.05) is 54.9 Å². The number of hydrogen-bond acceptors (Lipinski definition) is 0. The van der Waals surface area contributed by atoms with E-state index in [2.05, 4.69) is 54.4 Å². The SMILES string of the molecule is C#CC(CC(C)C(C)(C)CC)CC(C)(C)C. The fraction of sp³-hybridized carbons (Fsp3) is 0.875. The Labute approximate surface area is 103 Å². The zero-order valence-corrected chi connectivity index (χ0v) is 12.4. The molecule has 2 unspecified atom stereocenters. The first-order valence-electron chi connectivity index (χ1n) is 6.58. The molecule has 0 nitrogen and oxygen atoms in total. The highest BCUT2D eigenvalue weighted by Gasteiger charge is 2.27.